The van der Waals surface area contributed by atoms with Crippen molar-refractivity contribution >= 4 is 22.8 Å². The van der Waals surface area contributed by atoms with Crippen LogP contribution in [0.15, 0.2) is 36.9 Å². The first kappa shape index (κ1) is 13.6. The first-order valence-electron chi connectivity index (χ1n) is 7.33. The lowest BCUT2D eigenvalue weighted by Gasteiger charge is -2.13. The van der Waals surface area contributed by atoms with E-state index in [9.17, 15) is 9.59 Å². The summed E-state index contributed by atoms with van der Waals surface area (Å²) < 4.78 is 0. The van der Waals surface area contributed by atoms with E-state index in [4.69, 9.17) is 0 Å². The molecule has 7 heteroatoms. The Hall–Kier alpha value is -3.09. The highest BCUT2D eigenvalue weighted by Crippen LogP contribution is 2.28. The first-order chi connectivity index (χ1) is 11.3. The molecule has 3 aromatic heterocycles. The SMILES string of the molecule is O=C1c2cnc3[nH]ncc3c2C(=O)N1CCCc1cccnc1. The summed E-state index contributed by atoms with van der Waals surface area (Å²) in [5.41, 5.74) is 2.35. The van der Waals surface area contributed by atoms with Crippen molar-refractivity contribution in [2.45, 2.75) is 12.8 Å². The van der Waals surface area contributed by atoms with Crippen LogP contribution in [0.5, 0.6) is 0 Å². The standard InChI is InChI=1S/C16H13N5O2/c22-15-12-8-18-14-11(9-19-20-14)13(12)16(23)21(15)6-2-4-10-3-1-5-17-7-10/h1,3,5,7-9H,2,4,6H2,(H,18,19,20). The van der Waals surface area contributed by atoms with Gasteiger partial charge < -0.3 is 0 Å². The predicted molar refractivity (Wildman–Crippen MR) is 81.8 cm³/mol. The van der Waals surface area contributed by atoms with Crippen molar-refractivity contribution in [3.05, 3.63) is 53.6 Å². The molecule has 0 atom stereocenters. The van der Waals surface area contributed by atoms with Gasteiger partial charge in [-0.25, -0.2) is 4.98 Å². The Balaban J connectivity index is 1.54. The van der Waals surface area contributed by atoms with Gasteiger partial charge in [-0.2, -0.15) is 5.10 Å². The summed E-state index contributed by atoms with van der Waals surface area (Å²) in [6, 6.07) is 3.85. The van der Waals surface area contributed by atoms with Crippen molar-refractivity contribution in [3.63, 3.8) is 0 Å². The fraction of sp³-hybridized carbons (Fsp3) is 0.188. The normalized spacial score (nSPS) is 13.8. The predicted octanol–water partition coefficient (Wildman–Crippen LogP) is 1.58. The number of carbonyl (C=O) groups is 2. The van der Waals surface area contributed by atoms with Crippen LogP contribution in [0.3, 0.4) is 0 Å². The van der Waals surface area contributed by atoms with Crippen LogP contribution in [0.1, 0.15) is 32.7 Å². The van der Waals surface area contributed by atoms with Crippen LogP contribution in [-0.4, -0.2) is 43.4 Å². The third kappa shape index (κ3) is 2.17. The number of aromatic amines is 1. The molecule has 0 aromatic carbocycles. The quantitative estimate of drug-likeness (QED) is 0.739. The summed E-state index contributed by atoms with van der Waals surface area (Å²) in [5, 5.41) is 7.20. The van der Waals surface area contributed by atoms with Crippen molar-refractivity contribution in [1.29, 1.82) is 0 Å². The fourth-order valence-corrected chi connectivity index (χ4v) is 2.85. The number of nitrogens with one attached hydrogen (secondary N) is 1. The van der Waals surface area contributed by atoms with Gasteiger partial charge in [-0.3, -0.25) is 24.6 Å². The molecule has 0 radical (unpaired) electrons. The van der Waals surface area contributed by atoms with Gasteiger partial charge in [-0.1, -0.05) is 6.07 Å². The second-order valence-electron chi connectivity index (χ2n) is 5.41. The number of imide groups is 1. The maximum absolute atomic E-state index is 12.6. The number of pyridine rings is 2. The number of rotatable bonds is 4. The highest BCUT2D eigenvalue weighted by Gasteiger charge is 2.37. The van der Waals surface area contributed by atoms with Gasteiger partial charge in [-0.15, -0.1) is 0 Å². The molecule has 0 saturated carbocycles. The summed E-state index contributed by atoms with van der Waals surface area (Å²) in [4.78, 5) is 34.5. The second-order valence-corrected chi connectivity index (χ2v) is 5.41. The molecular weight excluding hydrogens is 294 g/mol. The first-order valence-corrected chi connectivity index (χ1v) is 7.33. The molecule has 0 bridgehead atoms. The molecule has 0 fully saturated rings. The number of hydrogen-bond acceptors (Lipinski definition) is 5. The van der Waals surface area contributed by atoms with Gasteiger partial charge in [0.2, 0.25) is 0 Å². The molecule has 0 unspecified atom stereocenters. The molecule has 1 aliphatic heterocycles. The van der Waals surface area contributed by atoms with Crippen molar-refractivity contribution in [3.8, 4) is 0 Å². The average molecular weight is 307 g/mol. The molecule has 23 heavy (non-hydrogen) atoms. The zero-order valence-corrected chi connectivity index (χ0v) is 12.2. The molecule has 4 heterocycles. The van der Waals surface area contributed by atoms with Gasteiger partial charge in [-0.05, 0) is 24.5 Å². The number of aryl methyl sites for hydroxylation is 1. The van der Waals surface area contributed by atoms with Crippen LogP contribution in [0.25, 0.3) is 11.0 Å². The Kier molecular flexibility index (Phi) is 3.11. The topological polar surface area (TPSA) is 91.8 Å². The molecule has 3 aromatic rings. The monoisotopic (exact) mass is 307 g/mol. The highest BCUT2D eigenvalue weighted by atomic mass is 16.2. The highest BCUT2D eigenvalue weighted by molar-refractivity contribution is 6.25. The van der Waals surface area contributed by atoms with Gasteiger partial charge in [0, 0.05) is 25.1 Å². The van der Waals surface area contributed by atoms with Crippen LogP contribution in [0, 0.1) is 0 Å². The molecule has 0 spiro atoms. The van der Waals surface area contributed by atoms with Gasteiger partial charge in [0.25, 0.3) is 11.8 Å². The Morgan fingerprint density at radius 3 is 2.87 bits per heavy atom. The lowest BCUT2D eigenvalue weighted by molar-refractivity contribution is 0.0653. The average Bonchev–Trinajstić information content (AvgIpc) is 3.14. The fourth-order valence-electron chi connectivity index (χ4n) is 2.85. The zero-order chi connectivity index (χ0) is 15.8. The summed E-state index contributed by atoms with van der Waals surface area (Å²) >= 11 is 0. The summed E-state index contributed by atoms with van der Waals surface area (Å²) in [6.07, 6.45) is 7.94. The smallest absolute Gasteiger partial charge is 0.263 e. The number of carbonyl (C=O) groups excluding carboxylic acids is 2. The molecule has 1 aliphatic rings. The maximum atomic E-state index is 12.6. The lowest BCUT2D eigenvalue weighted by Crippen LogP contribution is -2.31. The maximum Gasteiger partial charge on any atom is 0.263 e. The number of fused-ring (bicyclic) bond motifs is 3. The van der Waals surface area contributed by atoms with Gasteiger partial charge in [0.15, 0.2) is 5.65 Å². The summed E-state index contributed by atoms with van der Waals surface area (Å²) in [6.45, 7) is 0.376. The Morgan fingerprint density at radius 2 is 2.04 bits per heavy atom. The van der Waals surface area contributed by atoms with Gasteiger partial charge in [0.1, 0.15) is 0 Å². The van der Waals surface area contributed by atoms with Crippen molar-refractivity contribution < 1.29 is 9.59 Å². The Morgan fingerprint density at radius 1 is 1.13 bits per heavy atom. The molecule has 1 N–H and O–H groups in total. The Bertz CT molecular complexity index is 903. The van der Waals surface area contributed by atoms with Crippen LogP contribution >= 0.6 is 0 Å². The van der Waals surface area contributed by atoms with Crippen LogP contribution in [-0.2, 0) is 6.42 Å². The lowest BCUT2D eigenvalue weighted by atomic mass is 10.1. The van der Waals surface area contributed by atoms with Crippen LogP contribution in [0.2, 0.25) is 0 Å². The van der Waals surface area contributed by atoms with Crippen molar-refractivity contribution in [1.82, 2.24) is 25.1 Å². The summed E-state index contributed by atoms with van der Waals surface area (Å²) in [5.74, 6) is -0.559. The van der Waals surface area contributed by atoms with E-state index < -0.39 is 0 Å². The van der Waals surface area contributed by atoms with E-state index >= 15 is 0 Å². The number of aromatic nitrogens is 4. The minimum absolute atomic E-state index is 0.273. The summed E-state index contributed by atoms with van der Waals surface area (Å²) in [7, 11) is 0. The number of nitrogens with zero attached hydrogens (tertiary/aromatic N) is 4. The van der Waals surface area contributed by atoms with E-state index in [-0.39, 0.29) is 11.8 Å². The molecule has 4 rings (SSSR count). The number of amides is 2. The van der Waals surface area contributed by atoms with E-state index in [1.54, 1.807) is 12.4 Å². The van der Waals surface area contributed by atoms with Gasteiger partial charge in [0.05, 0.1) is 22.7 Å². The van der Waals surface area contributed by atoms with Crippen LogP contribution < -0.4 is 0 Å². The molecule has 114 valence electrons. The third-order valence-corrected chi connectivity index (χ3v) is 3.99. The van der Waals surface area contributed by atoms with E-state index in [0.29, 0.717) is 35.1 Å². The van der Waals surface area contributed by atoms with Crippen molar-refractivity contribution in [2.75, 3.05) is 6.54 Å². The molecular formula is C16H13N5O2. The third-order valence-electron chi connectivity index (χ3n) is 3.99. The molecule has 0 aliphatic carbocycles. The van der Waals surface area contributed by atoms with Gasteiger partial charge >= 0.3 is 0 Å². The minimum atomic E-state index is -0.285. The minimum Gasteiger partial charge on any atom is -0.274 e. The largest absolute Gasteiger partial charge is 0.274 e. The van der Waals surface area contributed by atoms with Crippen molar-refractivity contribution in [2.24, 2.45) is 0 Å². The molecule has 0 saturated heterocycles. The van der Waals surface area contributed by atoms with E-state index in [1.807, 2.05) is 12.1 Å². The van der Waals surface area contributed by atoms with Crippen LogP contribution in [0.4, 0.5) is 0 Å². The van der Waals surface area contributed by atoms with E-state index in [2.05, 4.69) is 20.2 Å². The zero-order valence-electron chi connectivity index (χ0n) is 12.2. The number of H-pyrrole nitrogens is 1. The number of hydrogen-bond donors (Lipinski definition) is 1. The van der Waals surface area contributed by atoms with E-state index in [1.165, 1.54) is 17.3 Å². The second kappa shape index (κ2) is 5.28. The van der Waals surface area contributed by atoms with E-state index in [0.717, 1.165) is 12.0 Å². The molecule has 7 nitrogen and oxygen atoms in total. The Labute approximate surface area is 131 Å². The molecule has 2 amide bonds.